The molecule has 0 radical (unpaired) electrons. The van der Waals surface area contributed by atoms with Crippen LogP contribution in [0.5, 0.6) is 0 Å². The van der Waals surface area contributed by atoms with Crippen LogP contribution in [0.3, 0.4) is 0 Å². The van der Waals surface area contributed by atoms with Gasteiger partial charge in [0, 0.05) is 3.57 Å². The summed E-state index contributed by atoms with van der Waals surface area (Å²) >= 11 is 5.50. The van der Waals surface area contributed by atoms with E-state index < -0.39 is 0 Å². The average Bonchev–Trinajstić information content (AvgIpc) is 2.68. The van der Waals surface area contributed by atoms with Gasteiger partial charge in [-0.2, -0.15) is 0 Å². The topological polar surface area (TPSA) is 26.3 Å². The Balaban J connectivity index is 2.06. The number of ether oxygens (including phenoxy) is 1. The Bertz CT molecular complexity index is 1150. The van der Waals surface area contributed by atoms with Gasteiger partial charge in [-0.3, -0.25) is 4.79 Å². The van der Waals surface area contributed by atoms with E-state index in [1.807, 2.05) is 18.2 Å². The molecule has 4 heteroatoms. The minimum atomic E-state index is -0.235. The lowest BCUT2D eigenvalue weighted by atomic mass is 9.89. The van der Waals surface area contributed by atoms with Gasteiger partial charge in [-0.25, -0.2) is 0 Å². The zero-order chi connectivity index (χ0) is 18.8. The van der Waals surface area contributed by atoms with Crippen molar-refractivity contribution in [3.63, 3.8) is 0 Å². The first kappa shape index (κ1) is 18.4. The second-order valence-corrected chi connectivity index (χ2v) is 7.88. The highest BCUT2D eigenvalue weighted by Gasteiger charge is 2.18. The molecule has 27 heavy (non-hydrogen) atoms. The summed E-state index contributed by atoms with van der Waals surface area (Å²) in [4.78, 5) is 12.3. The molecule has 0 fully saturated rings. The molecule has 0 atom stereocenters. The SMILES string of the molecule is O=C(Cc1c(I)cc2ccccc2c1-c1cccc2ccccc12)OCBr. The van der Waals surface area contributed by atoms with E-state index in [0.29, 0.717) is 0 Å². The summed E-state index contributed by atoms with van der Waals surface area (Å²) < 4.78 is 6.24. The van der Waals surface area contributed by atoms with Crippen LogP contribution in [0, 0.1) is 3.57 Å². The van der Waals surface area contributed by atoms with Crippen molar-refractivity contribution in [3.8, 4) is 11.1 Å². The van der Waals surface area contributed by atoms with Crippen molar-refractivity contribution in [3.05, 3.63) is 81.9 Å². The highest BCUT2D eigenvalue weighted by molar-refractivity contribution is 14.1. The number of rotatable bonds is 4. The maximum atomic E-state index is 12.3. The molecule has 0 aromatic heterocycles. The van der Waals surface area contributed by atoms with Gasteiger partial charge in [0.05, 0.1) is 6.42 Å². The molecular weight excluding hydrogens is 515 g/mol. The fourth-order valence-corrected chi connectivity index (χ4v) is 4.59. The monoisotopic (exact) mass is 530 g/mol. The van der Waals surface area contributed by atoms with Gasteiger partial charge in [0.1, 0.15) is 5.52 Å². The zero-order valence-electron chi connectivity index (χ0n) is 14.4. The second-order valence-electron chi connectivity index (χ2n) is 6.26. The highest BCUT2D eigenvalue weighted by Crippen LogP contribution is 2.39. The Morgan fingerprint density at radius 2 is 1.56 bits per heavy atom. The van der Waals surface area contributed by atoms with Gasteiger partial charge in [-0.05, 0) is 82.8 Å². The minimum absolute atomic E-state index is 0.208. The van der Waals surface area contributed by atoms with Crippen LogP contribution in [-0.4, -0.2) is 11.5 Å². The highest BCUT2D eigenvalue weighted by atomic mass is 127. The number of benzene rings is 4. The van der Waals surface area contributed by atoms with E-state index in [1.54, 1.807) is 0 Å². The predicted molar refractivity (Wildman–Crippen MR) is 123 cm³/mol. The largest absolute Gasteiger partial charge is 0.454 e. The van der Waals surface area contributed by atoms with Gasteiger partial charge >= 0.3 is 5.97 Å². The molecule has 4 rings (SSSR count). The van der Waals surface area contributed by atoms with Gasteiger partial charge in [-0.15, -0.1) is 0 Å². The normalized spacial score (nSPS) is 11.0. The number of carbonyl (C=O) groups is 1. The fraction of sp³-hybridized carbons (Fsp3) is 0.0870. The van der Waals surface area contributed by atoms with Crippen LogP contribution >= 0.6 is 38.5 Å². The van der Waals surface area contributed by atoms with Crippen molar-refractivity contribution < 1.29 is 9.53 Å². The minimum Gasteiger partial charge on any atom is -0.454 e. The summed E-state index contributed by atoms with van der Waals surface area (Å²) in [5.74, 6) is -0.235. The van der Waals surface area contributed by atoms with Crippen LogP contribution < -0.4 is 0 Å². The van der Waals surface area contributed by atoms with Crippen LogP contribution in [0.2, 0.25) is 0 Å². The molecule has 0 aliphatic heterocycles. The van der Waals surface area contributed by atoms with Crippen LogP contribution in [0.1, 0.15) is 5.56 Å². The molecular formula is C23H16BrIO2. The average molecular weight is 531 g/mol. The Hall–Kier alpha value is -1.92. The number of esters is 1. The molecule has 0 aliphatic carbocycles. The van der Waals surface area contributed by atoms with Crippen molar-refractivity contribution in [2.45, 2.75) is 6.42 Å². The third-order valence-electron chi connectivity index (χ3n) is 4.70. The van der Waals surface area contributed by atoms with Crippen LogP contribution in [0.25, 0.3) is 32.7 Å². The van der Waals surface area contributed by atoms with Gasteiger partial charge in [0.2, 0.25) is 0 Å². The number of hydrogen-bond acceptors (Lipinski definition) is 2. The van der Waals surface area contributed by atoms with Gasteiger partial charge in [0.25, 0.3) is 0 Å². The van der Waals surface area contributed by atoms with Crippen molar-refractivity contribution in [1.82, 2.24) is 0 Å². The summed E-state index contributed by atoms with van der Waals surface area (Å²) in [6.45, 7) is 0. The van der Waals surface area contributed by atoms with Crippen molar-refractivity contribution in [1.29, 1.82) is 0 Å². The van der Waals surface area contributed by atoms with E-state index in [1.165, 1.54) is 16.2 Å². The summed E-state index contributed by atoms with van der Waals surface area (Å²) in [5.41, 5.74) is 3.47. The van der Waals surface area contributed by atoms with E-state index in [9.17, 15) is 4.79 Å². The number of halogens is 2. The Morgan fingerprint density at radius 3 is 2.33 bits per heavy atom. The quantitative estimate of drug-likeness (QED) is 0.167. The molecule has 0 heterocycles. The molecule has 0 saturated heterocycles. The maximum absolute atomic E-state index is 12.3. The molecule has 0 bridgehead atoms. The van der Waals surface area contributed by atoms with E-state index in [4.69, 9.17) is 4.74 Å². The first-order valence-electron chi connectivity index (χ1n) is 8.59. The standard InChI is InChI=1S/C23H16BrIO2/c24-14-27-22(26)13-20-21(25)12-16-7-2-4-10-18(16)23(20)19-11-5-8-15-6-1-3-9-17(15)19/h1-12H,13-14H2. The van der Waals surface area contributed by atoms with Crippen molar-refractivity contribution in [2.24, 2.45) is 0 Å². The number of carbonyl (C=O) groups excluding carboxylic acids is 1. The summed E-state index contributed by atoms with van der Waals surface area (Å²) in [5, 5.41) is 4.69. The molecule has 0 spiro atoms. The number of alkyl halides is 1. The zero-order valence-corrected chi connectivity index (χ0v) is 18.2. The molecule has 0 saturated carbocycles. The first-order valence-corrected chi connectivity index (χ1v) is 10.8. The second kappa shape index (κ2) is 7.98. The fourth-order valence-electron chi connectivity index (χ4n) is 3.54. The number of hydrogen-bond donors (Lipinski definition) is 0. The lowest BCUT2D eigenvalue weighted by Crippen LogP contribution is -2.09. The molecule has 0 N–H and O–H groups in total. The molecule has 0 unspecified atom stereocenters. The van der Waals surface area contributed by atoms with Crippen LogP contribution in [-0.2, 0) is 16.0 Å². The summed E-state index contributed by atoms with van der Waals surface area (Å²) in [6, 6.07) is 25.2. The Labute approximate surface area is 179 Å². The van der Waals surface area contributed by atoms with Crippen molar-refractivity contribution in [2.75, 3.05) is 5.52 Å². The molecule has 0 aliphatic rings. The maximum Gasteiger partial charge on any atom is 0.311 e. The molecule has 4 aromatic rings. The summed E-state index contributed by atoms with van der Waals surface area (Å²) in [6.07, 6.45) is 0.243. The lowest BCUT2D eigenvalue weighted by Gasteiger charge is -2.17. The van der Waals surface area contributed by atoms with E-state index in [-0.39, 0.29) is 17.9 Å². The molecule has 0 amide bonds. The number of fused-ring (bicyclic) bond motifs is 2. The summed E-state index contributed by atoms with van der Waals surface area (Å²) in [7, 11) is 0. The van der Waals surface area contributed by atoms with Gasteiger partial charge in [-0.1, -0.05) is 66.7 Å². The van der Waals surface area contributed by atoms with Crippen molar-refractivity contribution >= 4 is 66.0 Å². The molecule has 4 aromatic carbocycles. The van der Waals surface area contributed by atoms with E-state index in [2.05, 4.69) is 93.1 Å². The van der Waals surface area contributed by atoms with Gasteiger partial charge < -0.3 is 4.74 Å². The first-order chi connectivity index (χ1) is 13.2. The Kier molecular flexibility index (Phi) is 5.45. The predicted octanol–water partition coefficient (Wildman–Crippen LogP) is 6.70. The van der Waals surface area contributed by atoms with Gasteiger partial charge in [0.15, 0.2) is 0 Å². The Morgan fingerprint density at radius 1 is 0.889 bits per heavy atom. The third-order valence-corrected chi connectivity index (χ3v) is 5.89. The molecule has 2 nitrogen and oxygen atoms in total. The molecule has 134 valence electrons. The smallest absolute Gasteiger partial charge is 0.311 e. The lowest BCUT2D eigenvalue weighted by molar-refractivity contribution is -0.140. The van der Waals surface area contributed by atoms with E-state index in [0.717, 1.165) is 25.6 Å². The van der Waals surface area contributed by atoms with E-state index >= 15 is 0 Å². The third kappa shape index (κ3) is 3.60. The van der Waals surface area contributed by atoms with Crippen LogP contribution in [0.4, 0.5) is 0 Å². The van der Waals surface area contributed by atoms with Crippen LogP contribution in [0.15, 0.2) is 72.8 Å².